The van der Waals surface area contributed by atoms with E-state index < -0.39 is 4.92 Å². The average molecular weight is 512 g/mol. The third-order valence-electron chi connectivity index (χ3n) is 6.34. The summed E-state index contributed by atoms with van der Waals surface area (Å²) in [4.78, 5) is 29.7. The molecule has 0 saturated heterocycles. The minimum Gasteiger partial charge on any atom is -0.507 e. The highest BCUT2D eigenvalue weighted by molar-refractivity contribution is 7.16. The Morgan fingerprint density at radius 2 is 1.97 bits per heavy atom. The van der Waals surface area contributed by atoms with E-state index in [1.807, 2.05) is 0 Å². The second kappa shape index (κ2) is 9.79. The Hall–Kier alpha value is -3.23. The van der Waals surface area contributed by atoms with Crippen LogP contribution in [0.25, 0.3) is 0 Å². The van der Waals surface area contributed by atoms with Gasteiger partial charge in [0, 0.05) is 39.5 Å². The third-order valence-corrected chi connectivity index (χ3v) is 7.76. The summed E-state index contributed by atoms with van der Waals surface area (Å²) in [5.41, 5.74) is 2.33. The Balaban J connectivity index is 1.73. The monoisotopic (exact) mass is 511 g/mol. The summed E-state index contributed by atoms with van der Waals surface area (Å²) in [6.45, 7) is 6.69. The van der Waals surface area contributed by atoms with Crippen LogP contribution >= 0.6 is 22.9 Å². The summed E-state index contributed by atoms with van der Waals surface area (Å²) >= 11 is 7.43. The van der Waals surface area contributed by atoms with Crippen molar-refractivity contribution in [3.8, 4) is 5.75 Å². The molecule has 3 aromatic rings. The molecular weight excluding hydrogens is 486 g/mol. The minimum atomic E-state index is -0.530. The van der Waals surface area contributed by atoms with Gasteiger partial charge >= 0.3 is 0 Å². The van der Waals surface area contributed by atoms with E-state index in [0.29, 0.717) is 27.2 Å². The molecule has 1 atom stereocenters. The standard InChI is InChI=1S/C26H26ClN3O4S/c1-26(2,3)16-4-10-20-22(13-16)35-25(23(20)24(32)29-18-7-5-17(27)6-8-18)28-14-15-12-19(30(33)34)9-11-21(15)31/h5-9,11-12,14,16,31H,4,10,13H2,1-3H3,(H,29,32)/t16-/m0/s1. The van der Waals surface area contributed by atoms with Crippen molar-refractivity contribution in [3.05, 3.63) is 79.2 Å². The zero-order valence-corrected chi connectivity index (χ0v) is 21.2. The highest BCUT2D eigenvalue weighted by Crippen LogP contribution is 2.45. The zero-order valence-electron chi connectivity index (χ0n) is 19.7. The van der Waals surface area contributed by atoms with E-state index in [0.717, 1.165) is 29.7 Å². The van der Waals surface area contributed by atoms with Crippen LogP contribution in [0.5, 0.6) is 5.75 Å². The number of carbonyl (C=O) groups is 1. The molecule has 0 spiro atoms. The van der Waals surface area contributed by atoms with Gasteiger partial charge in [0.05, 0.1) is 10.5 Å². The van der Waals surface area contributed by atoms with Crippen LogP contribution in [0.3, 0.4) is 0 Å². The molecule has 4 rings (SSSR count). The van der Waals surface area contributed by atoms with Crippen LogP contribution in [0.15, 0.2) is 47.5 Å². The first-order valence-electron chi connectivity index (χ1n) is 11.3. The summed E-state index contributed by atoms with van der Waals surface area (Å²) in [6, 6.07) is 10.6. The summed E-state index contributed by atoms with van der Waals surface area (Å²) in [6.07, 6.45) is 3.99. The SMILES string of the molecule is CC(C)(C)[C@H]1CCc2c(sc(N=Cc3cc([N+](=O)[O-])ccc3O)c2C(=O)Nc2ccc(Cl)cc2)C1. The van der Waals surface area contributed by atoms with Gasteiger partial charge in [0.2, 0.25) is 0 Å². The number of aromatic hydroxyl groups is 1. The maximum atomic E-state index is 13.4. The minimum absolute atomic E-state index is 0.124. The molecule has 0 radical (unpaired) electrons. The first-order valence-corrected chi connectivity index (χ1v) is 12.5. The van der Waals surface area contributed by atoms with Gasteiger partial charge in [0.1, 0.15) is 10.8 Å². The maximum Gasteiger partial charge on any atom is 0.270 e. The van der Waals surface area contributed by atoms with Crippen molar-refractivity contribution in [2.24, 2.45) is 16.3 Å². The van der Waals surface area contributed by atoms with Gasteiger partial charge < -0.3 is 10.4 Å². The molecule has 182 valence electrons. The number of anilines is 1. The molecule has 7 nitrogen and oxygen atoms in total. The number of rotatable bonds is 5. The molecule has 2 aromatic carbocycles. The van der Waals surface area contributed by atoms with E-state index >= 15 is 0 Å². The van der Waals surface area contributed by atoms with Crippen LogP contribution in [0.4, 0.5) is 16.4 Å². The summed E-state index contributed by atoms with van der Waals surface area (Å²) < 4.78 is 0. The highest BCUT2D eigenvalue weighted by Gasteiger charge is 2.33. The number of phenols is 1. The molecule has 1 heterocycles. The Bertz CT molecular complexity index is 1310. The first kappa shape index (κ1) is 24.9. The number of thiophene rings is 1. The van der Waals surface area contributed by atoms with Crippen LogP contribution in [-0.4, -0.2) is 22.2 Å². The van der Waals surface area contributed by atoms with Crippen molar-refractivity contribution in [2.45, 2.75) is 40.0 Å². The number of aliphatic imine (C=N–C) groups is 1. The lowest BCUT2D eigenvalue weighted by atomic mass is 9.72. The predicted molar refractivity (Wildman–Crippen MR) is 141 cm³/mol. The second-order valence-corrected chi connectivity index (χ2v) is 11.2. The highest BCUT2D eigenvalue weighted by atomic mass is 35.5. The van der Waals surface area contributed by atoms with Crippen molar-refractivity contribution in [2.75, 3.05) is 5.32 Å². The van der Waals surface area contributed by atoms with Gasteiger partial charge in [0.25, 0.3) is 11.6 Å². The third kappa shape index (κ3) is 5.55. The number of benzene rings is 2. The number of non-ortho nitro benzene ring substituents is 1. The number of amides is 1. The van der Waals surface area contributed by atoms with Gasteiger partial charge in [0.15, 0.2) is 0 Å². The van der Waals surface area contributed by atoms with Crippen LogP contribution in [0.2, 0.25) is 5.02 Å². The van der Waals surface area contributed by atoms with Gasteiger partial charge in [-0.25, -0.2) is 4.99 Å². The van der Waals surface area contributed by atoms with Gasteiger partial charge in [-0.1, -0.05) is 32.4 Å². The lowest BCUT2D eigenvalue weighted by molar-refractivity contribution is -0.384. The van der Waals surface area contributed by atoms with E-state index in [4.69, 9.17) is 11.6 Å². The quantitative estimate of drug-likeness (QED) is 0.215. The van der Waals surface area contributed by atoms with Gasteiger partial charge in [-0.15, -0.1) is 11.3 Å². The molecule has 0 saturated carbocycles. The molecule has 0 unspecified atom stereocenters. The van der Waals surface area contributed by atoms with Crippen molar-refractivity contribution in [1.82, 2.24) is 0 Å². The zero-order chi connectivity index (χ0) is 25.3. The molecule has 1 aliphatic carbocycles. The van der Waals surface area contributed by atoms with Crippen LogP contribution < -0.4 is 5.32 Å². The van der Waals surface area contributed by atoms with E-state index in [1.165, 1.54) is 35.8 Å². The van der Waals surface area contributed by atoms with E-state index in [-0.39, 0.29) is 28.3 Å². The summed E-state index contributed by atoms with van der Waals surface area (Å²) in [5.74, 6) is 0.0913. The van der Waals surface area contributed by atoms with Crippen LogP contribution in [-0.2, 0) is 12.8 Å². The predicted octanol–water partition coefficient (Wildman–Crippen LogP) is 7.17. The number of nitrogens with zero attached hydrogens (tertiary/aromatic N) is 2. The molecule has 1 amide bonds. The molecular formula is C26H26ClN3O4S. The summed E-state index contributed by atoms with van der Waals surface area (Å²) in [7, 11) is 0. The molecule has 35 heavy (non-hydrogen) atoms. The van der Waals surface area contributed by atoms with Crippen LogP contribution in [0, 0.1) is 21.4 Å². The van der Waals surface area contributed by atoms with Crippen molar-refractivity contribution in [1.29, 1.82) is 0 Å². The number of nitro benzene ring substituents is 1. The number of carbonyl (C=O) groups excluding carboxylic acids is 1. The molecule has 9 heteroatoms. The van der Waals surface area contributed by atoms with Crippen molar-refractivity contribution < 1.29 is 14.8 Å². The fraction of sp³-hybridized carbons (Fsp3) is 0.308. The number of hydrogen-bond donors (Lipinski definition) is 2. The first-order chi connectivity index (χ1) is 16.5. The normalized spacial score (nSPS) is 15.7. The second-order valence-electron chi connectivity index (χ2n) is 9.71. The lowest BCUT2D eigenvalue weighted by Gasteiger charge is -2.33. The van der Waals surface area contributed by atoms with Gasteiger partial charge in [-0.3, -0.25) is 14.9 Å². The summed E-state index contributed by atoms with van der Waals surface area (Å²) in [5, 5.41) is 25.3. The largest absolute Gasteiger partial charge is 0.507 e. The van der Waals surface area contributed by atoms with Crippen LogP contribution in [0.1, 0.15) is 53.6 Å². The molecule has 0 bridgehead atoms. The molecule has 2 N–H and O–H groups in total. The fourth-order valence-electron chi connectivity index (χ4n) is 4.25. The lowest BCUT2D eigenvalue weighted by Crippen LogP contribution is -2.27. The Kier molecular flexibility index (Phi) is 6.96. The molecule has 0 aliphatic heterocycles. The number of nitrogens with one attached hydrogen (secondary N) is 1. The van der Waals surface area contributed by atoms with Crippen molar-refractivity contribution in [3.63, 3.8) is 0 Å². The Morgan fingerprint density at radius 3 is 2.63 bits per heavy atom. The number of hydrogen-bond acceptors (Lipinski definition) is 6. The fourth-order valence-corrected chi connectivity index (χ4v) is 5.64. The maximum absolute atomic E-state index is 13.4. The number of halogens is 1. The number of phenolic OH excluding ortho intramolecular Hbond substituents is 1. The smallest absolute Gasteiger partial charge is 0.270 e. The van der Waals surface area contributed by atoms with E-state index in [2.05, 4.69) is 31.1 Å². The van der Waals surface area contributed by atoms with Gasteiger partial charge in [-0.05, 0) is 66.5 Å². The Morgan fingerprint density at radius 1 is 1.26 bits per heavy atom. The molecule has 1 aromatic heterocycles. The molecule has 0 fully saturated rings. The molecule has 1 aliphatic rings. The average Bonchev–Trinajstić information content (AvgIpc) is 3.17. The van der Waals surface area contributed by atoms with Gasteiger partial charge in [-0.2, -0.15) is 0 Å². The van der Waals surface area contributed by atoms with Crippen molar-refractivity contribution >= 4 is 51.4 Å². The number of nitro groups is 1. The van der Waals surface area contributed by atoms with E-state index in [9.17, 15) is 20.0 Å². The Labute approximate surface area is 212 Å². The van der Waals surface area contributed by atoms with E-state index in [1.54, 1.807) is 24.3 Å². The number of fused-ring (bicyclic) bond motifs is 1. The topological polar surface area (TPSA) is 105 Å².